The Bertz CT molecular complexity index is 905. The van der Waals surface area contributed by atoms with Crippen molar-refractivity contribution in [2.75, 3.05) is 31.1 Å². The zero-order chi connectivity index (χ0) is 21.3. The third-order valence-corrected chi connectivity index (χ3v) is 6.54. The summed E-state index contributed by atoms with van der Waals surface area (Å²) in [6.45, 7) is 6.74. The molecule has 1 aromatic carbocycles. The van der Waals surface area contributed by atoms with Gasteiger partial charge in [-0.2, -0.15) is 0 Å². The van der Waals surface area contributed by atoms with Crippen LogP contribution in [0.1, 0.15) is 48.5 Å². The maximum Gasteiger partial charge on any atom is 0.225 e. The highest BCUT2D eigenvalue weighted by molar-refractivity contribution is 5.93. The Morgan fingerprint density at radius 2 is 1.73 bits per heavy atom. The number of ketones is 1. The lowest BCUT2D eigenvalue weighted by Gasteiger charge is -2.34. The van der Waals surface area contributed by atoms with E-state index in [-0.39, 0.29) is 29.3 Å². The quantitative estimate of drug-likeness (QED) is 0.719. The number of nitrogens with zero attached hydrogens (tertiary/aromatic N) is 3. The van der Waals surface area contributed by atoms with Crippen molar-refractivity contribution in [2.45, 2.75) is 32.6 Å². The molecule has 158 valence electrons. The Balaban J connectivity index is 1.34. The number of aromatic nitrogens is 1. The second-order valence-electron chi connectivity index (χ2n) is 8.60. The Morgan fingerprint density at radius 1 is 1.03 bits per heavy atom. The molecule has 4 rings (SSSR count). The average Bonchev–Trinajstić information content (AvgIpc) is 3.15. The summed E-state index contributed by atoms with van der Waals surface area (Å²) in [4.78, 5) is 33.1. The van der Waals surface area contributed by atoms with Crippen LogP contribution in [0.15, 0.2) is 42.6 Å². The lowest BCUT2D eigenvalue weighted by Crippen LogP contribution is -2.42. The molecule has 0 aliphatic carbocycles. The fourth-order valence-corrected chi connectivity index (χ4v) is 4.69. The van der Waals surface area contributed by atoms with Gasteiger partial charge < -0.3 is 9.80 Å². The van der Waals surface area contributed by atoms with E-state index in [1.165, 1.54) is 19.1 Å². The fourth-order valence-electron chi connectivity index (χ4n) is 4.69. The van der Waals surface area contributed by atoms with Gasteiger partial charge in [0, 0.05) is 49.8 Å². The number of amides is 1. The number of likely N-dealkylation sites (tertiary alicyclic amines) is 1. The second kappa shape index (κ2) is 8.54. The lowest BCUT2D eigenvalue weighted by molar-refractivity contribution is -0.135. The number of carbonyl (C=O) groups is 2. The topological polar surface area (TPSA) is 53.5 Å². The maximum absolute atomic E-state index is 13.2. The molecule has 30 heavy (non-hydrogen) atoms. The lowest BCUT2D eigenvalue weighted by atomic mass is 9.90. The molecule has 3 heterocycles. The SMILES string of the molecule is CC(=O)c1ccc(N2CCC(C(=O)N3C[C@@H](C)[C@H](c4ccc(F)cc4)C3)CC2)nc1. The van der Waals surface area contributed by atoms with Crippen LogP contribution >= 0.6 is 0 Å². The van der Waals surface area contributed by atoms with Crippen LogP contribution in [0.25, 0.3) is 0 Å². The predicted octanol–water partition coefficient (Wildman–Crippen LogP) is 3.90. The van der Waals surface area contributed by atoms with Crippen LogP contribution in [0.2, 0.25) is 0 Å². The van der Waals surface area contributed by atoms with E-state index in [2.05, 4.69) is 16.8 Å². The Labute approximate surface area is 176 Å². The molecule has 0 radical (unpaired) electrons. The Morgan fingerprint density at radius 3 is 2.33 bits per heavy atom. The van der Waals surface area contributed by atoms with Crippen LogP contribution in [0.5, 0.6) is 0 Å². The van der Waals surface area contributed by atoms with E-state index in [0.29, 0.717) is 18.0 Å². The number of hydrogen-bond acceptors (Lipinski definition) is 4. The van der Waals surface area contributed by atoms with Gasteiger partial charge in [0.05, 0.1) is 0 Å². The van der Waals surface area contributed by atoms with E-state index in [1.54, 1.807) is 6.20 Å². The fraction of sp³-hybridized carbons (Fsp3) is 0.458. The summed E-state index contributed by atoms with van der Waals surface area (Å²) in [6.07, 6.45) is 3.23. The molecule has 0 unspecified atom stereocenters. The van der Waals surface area contributed by atoms with E-state index in [0.717, 1.165) is 43.9 Å². The van der Waals surface area contributed by atoms with Crippen molar-refractivity contribution in [1.82, 2.24) is 9.88 Å². The summed E-state index contributed by atoms with van der Waals surface area (Å²) in [7, 11) is 0. The monoisotopic (exact) mass is 409 g/mol. The number of anilines is 1. The molecule has 2 atom stereocenters. The second-order valence-corrected chi connectivity index (χ2v) is 8.60. The summed E-state index contributed by atoms with van der Waals surface area (Å²) < 4.78 is 13.2. The first-order valence-electron chi connectivity index (χ1n) is 10.7. The van der Waals surface area contributed by atoms with Crippen LogP contribution in [-0.4, -0.2) is 47.8 Å². The third-order valence-electron chi connectivity index (χ3n) is 6.54. The van der Waals surface area contributed by atoms with Gasteiger partial charge >= 0.3 is 0 Å². The number of hydrogen-bond donors (Lipinski definition) is 0. The van der Waals surface area contributed by atoms with Crippen molar-refractivity contribution < 1.29 is 14.0 Å². The highest BCUT2D eigenvalue weighted by Crippen LogP contribution is 2.34. The first kappa shape index (κ1) is 20.5. The molecule has 1 amide bonds. The van der Waals surface area contributed by atoms with Crippen LogP contribution in [0.4, 0.5) is 10.2 Å². The van der Waals surface area contributed by atoms with E-state index in [4.69, 9.17) is 0 Å². The van der Waals surface area contributed by atoms with Gasteiger partial charge in [-0.15, -0.1) is 0 Å². The molecule has 2 saturated heterocycles. The molecule has 2 aliphatic heterocycles. The maximum atomic E-state index is 13.2. The minimum absolute atomic E-state index is 0.0112. The molecule has 0 bridgehead atoms. The van der Waals surface area contributed by atoms with Gasteiger partial charge in [0.25, 0.3) is 0 Å². The molecular formula is C24H28FN3O2. The van der Waals surface area contributed by atoms with Gasteiger partial charge in [-0.1, -0.05) is 19.1 Å². The first-order valence-corrected chi connectivity index (χ1v) is 10.7. The number of benzene rings is 1. The standard InChI is InChI=1S/C24H28FN3O2/c1-16-14-28(15-22(16)18-3-6-21(25)7-4-18)24(30)19-9-11-27(12-10-19)23-8-5-20(13-26-23)17(2)29/h3-8,13,16,19,22H,9-12,14-15H2,1-2H3/t16-,22-/m1/s1. The molecule has 2 aliphatic rings. The van der Waals surface area contributed by atoms with Crippen LogP contribution in [-0.2, 0) is 4.79 Å². The van der Waals surface area contributed by atoms with Crippen molar-refractivity contribution in [3.05, 3.63) is 59.5 Å². The molecule has 6 heteroatoms. The molecule has 1 aromatic heterocycles. The number of Topliss-reactive ketones (excluding diaryl/α,β-unsaturated/α-hetero) is 1. The summed E-state index contributed by atoms with van der Waals surface area (Å²) in [5.74, 6) is 1.55. The average molecular weight is 410 g/mol. The number of piperidine rings is 1. The van der Waals surface area contributed by atoms with Gasteiger partial charge in [-0.25, -0.2) is 9.37 Å². The van der Waals surface area contributed by atoms with E-state index in [1.807, 2.05) is 29.2 Å². The van der Waals surface area contributed by atoms with Crippen LogP contribution < -0.4 is 4.90 Å². The number of halogens is 1. The highest BCUT2D eigenvalue weighted by atomic mass is 19.1. The highest BCUT2D eigenvalue weighted by Gasteiger charge is 2.37. The molecule has 2 fully saturated rings. The molecule has 0 N–H and O–H groups in total. The number of carbonyl (C=O) groups excluding carboxylic acids is 2. The van der Waals surface area contributed by atoms with E-state index >= 15 is 0 Å². The minimum Gasteiger partial charge on any atom is -0.357 e. The predicted molar refractivity (Wildman–Crippen MR) is 114 cm³/mol. The van der Waals surface area contributed by atoms with Gasteiger partial charge in [0.2, 0.25) is 5.91 Å². The van der Waals surface area contributed by atoms with Crippen molar-refractivity contribution in [3.8, 4) is 0 Å². The van der Waals surface area contributed by atoms with Gasteiger partial charge in [0.15, 0.2) is 5.78 Å². The number of pyridine rings is 1. The minimum atomic E-state index is -0.227. The zero-order valence-electron chi connectivity index (χ0n) is 17.6. The van der Waals surface area contributed by atoms with E-state index in [9.17, 15) is 14.0 Å². The van der Waals surface area contributed by atoms with Crippen LogP contribution in [0.3, 0.4) is 0 Å². The summed E-state index contributed by atoms with van der Waals surface area (Å²) >= 11 is 0. The Kier molecular flexibility index (Phi) is 5.84. The van der Waals surface area contributed by atoms with Crippen molar-refractivity contribution in [3.63, 3.8) is 0 Å². The van der Waals surface area contributed by atoms with Crippen molar-refractivity contribution in [2.24, 2.45) is 11.8 Å². The van der Waals surface area contributed by atoms with Gasteiger partial charge in [-0.05, 0) is 55.5 Å². The largest absolute Gasteiger partial charge is 0.357 e. The summed E-state index contributed by atoms with van der Waals surface area (Å²) in [6, 6.07) is 10.4. The van der Waals surface area contributed by atoms with Gasteiger partial charge in [0.1, 0.15) is 11.6 Å². The van der Waals surface area contributed by atoms with Crippen LogP contribution in [0, 0.1) is 17.7 Å². The summed E-state index contributed by atoms with van der Waals surface area (Å²) in [5.41, 5.74) is 1.72. The molecule has 0 spiro atoms. The molecule has 0 saturated carbocycles. The molecule has 5 nitrogen and oxygen atoms in total. The third kappa shape index (κ3) is 4.23. The van der Waals surface area contributed by atoms with Crippen molar-refractivity contribution in [1.29, 1.82) is 0 Å². The zero-order valence-corrected chi connectivity index (χ0v) is 17.6. The molecular weight excluding hydrogens is 381 g/mol. The smallest absolute Gasteiger partial charge is 0.225 e. The first-order chi connectivity index (χ1) is 14.4. The Hall–Kier alpha value is -2.76. The summed E-state index contributed by atoms with van der Waals surface area (Å²) in [5, 5.41) is 0. The van der Waals surface area contributed by atoms with Crippen molar-refractivity contribution >= 4 is 17.5 Å². The molecule has 2 aromatic rings. The number of rotatable bonds is 4. The van der Waals surface area contributed by atoms with E-state index < -0.39 is 0 Å². The normalized spacial score (nSPS) is 22.4. The van der Waals surface area contributed by atoms with Gasteiger partial charge in [-0.3, -0.25) is 9.59 Å².